The monoisotopic (exact) mass is 331 g/mol. The van der Waals surface area contributed by atoms with Gasteiger partial charge in [-0.2, -0.15) is 0 Å². The Morgan fingerprint density at radius 3 is 1.84 bits per heavy atom. The minimum atomic E-state index is -0.129. The van der Waals surface area contributed by atoms with E-state index in [1.54, 1.807) is 0 Å². The maximum absolute atomic E-state index is 13.3. The van der Waals surface area contributed by atoms with Gasteiger partial charge in [-0.15, -0.1) is 0 Å². The number of rotatable bonds is 1. The Balaban J connectivity index is 1.47. The van der Waals surface area contributed by atoms with E-state index in [-0.39, 0.29) is 34.3 Å². The largest absolute Gasteiger partial charge is 0.352 e. The van der Waals surface area contributed by atoms with Crippen molar-refractivity contribution < 1.29 is 0 Å². The summed E-state index contributed by atoms with van der Waals surface area (Å²) in [5, 5.41) is 0. The SMILES string of the molecule is O=c1n(-c2ccccc2)c(=O)n2n1[C@H]1[C@@H]3[C@@H]4[C@@H]5[C@@H]3[C@@]13CC=CC[C@@]53[C@H]42. The highest BCUT2D eigenvalue weighted by Gasteiger charge is 3.02. The van der Waals surface area contributed by atoms with Crippen LogP contribution in [-0.4, -0.2) is 13.9 Å². The predicted molar refractivity (Wildman–Crippen MR) is 89.6 cm³/mol. The van der Waals surface area contributed by atoms with Crippen molar-refractivity contribution in [1.82, 2.24) is 13.9 Å². The quantitative estimate of drug-likeness (QED) is 0.748. The summed E-state index contributed by atoms with van der Waals surface area (Å²) in [4.78, 5) is 26.6. The molecular formula is C20H17N3O2. The van der Waals surface area contributed by atoms with Gasteiger partial charge < -0.3 is 0 Å². The van der Waals surface area contributed by atoms with E-state index in [1.807, 2.05) is 39.7 Å². The van der Waals surface area contributed by atoms with Crippen molar-refractivity contribution in [1.29, 1.82) is 0 Å². The molecule has 4 saturated carbocycles. The molecule has 0 N–H and O–H groups in total. The van der Waals surface area contributed by atoms with Gasteiger partial charge in [0.05, 0.1) is 17.8 Å². The third-order valence-electron chi connectivity index (χ3n) is 9.13. The maximum atomic E-state index is 13.3. The summed E-state index contributed by atoms with van der Waals surface area (Å²) in [6.07, 6.45) is 6.88. The molecule has 0 amide bonds. The average molecular weight is 331 g/mol. The van der Waals surface area contributed by atoms with Gasteiger partial charge in [0.1, 0.15) is 0 Å². The Kier molecular flexibility index (Phi) is 1.51. The Bertz CT molecular complexity index is 1080. The molecule has 1 aromatic carbocycles. The molecular weight excluding hydrogens is 314 g/mol. The number of aromatic nitrogens is 3. The Labute approximate surface area is 143 Å². The maximum Gasteiger partial charge on any atom is 0.352 e. The summed E-state index contributed by atoms with van der Waals surface area (Å²) >= 11 is 0. The second-order valence-corrected chi connectivity index (χ2v) is 8.98. The number of nitrogens with zero attached hydrogens (tertiary/aromatic N) is 3. The number of benzene rings is 1. The number of para-hydroxylation sites is 1. The van der Waals surface area contributed by atoms with Crippen LogP contribution < -0.4 is 11.4 Å². The van der Waals surface area contributed by atoms with Crippen LogP contribution >= 0.6 is 0 Å². The summed E-state index contributed by atoms with van der Waals surface area (Å²) in [7, 11) is 0. The van der Waals surface area contributed by atoms with E-state index >= 15 is 0 Å². The fourth-order valence-electron chi connectivity index (χ4n) is 8.86. The topological polar surface area (TPSA) is 48.9 Å². The van der Waals surface area contributed by atoms with Gasteiger partial charge in [0, 0.05) is 10.8 Å². The highest BCUT2D eigenvalue weighted by molar-refractivity contribution is 5.50. The van der Waals surface area contributed by atoms with E-state index in [9.17, 15) is 9.59 Å². The first-order chi connectivity index (χ1) is 12.2. The lowest BCUT2D eigenvalue weighted by atomic mass is 9.04. The molecule has 9 rings (SSSR count). The van der Waals surface area contributed by atoms with E-state index in [0.717, 1.165) is 24.7 Å². The van der Waals surface area contributed by atoms with Gasteiger partial charge in [0.25, 0.3) is 0 Å². The molecule has 0 radical (unpaired) electrons. The van der Waals surface area contributed by atoms with Crippen LogP contribution in [0.4, 0.5) is 0 Å². The molecule has 2 spiro atoms. The van der Waals surface area contributed by atoms with E-state index in [0.29, 0.717) is 17.5 Å². The Hall–Kier alpha value is -2.30. The van der Waals surface area contributed by atoms with Gasteiger partial charge >= 0.3 is 11.4 Å². The molecule has 0 saturated heterocycles. The highest BCUT2D eigenvalue weighted by Crippen LogP contribution is 3.03. The predicted octanol–water partition coefficient (Wildman–Crippen LogP) is 1.74. The van der Waals surface area contributed by atoms with Crippen LogP contribution in [0.25, 0.3) is 5.69 Å². The van der Waals surface area contributed by atoms with Gasteiger partial charge in [0.15, 0.2) is 0 Å². The van der Waals surface area contributed by atoms with Crippen LogP contribution in [0.1, 0.15) is 24.9 Å². The van der Waals surface area contributed by atoms with Gasteiger partial charge in [-0.1, -0.05) is 30.4 Å². The first kappa shape index (κ1) is 12.1. The third kappa shape index (κ3) is 0.783. The molecule has 0 unspecified atom stereocenters. The van der Waals surface area contributed by atoms with E-state index < -0.39 is 0 Å². The molecule has 5 aliphatic carbocycles. The number of hydrogen-bond acceptors (Lipinski definition) is 2. The van der Waals surface area contributed by atoms with Gasteiger partial charge in [0.2, 0.25) is 0 Å². The lowest BCUT2D eigenvalue weighted by Crippen LogP contribution is -3.00. The summed E-state index contributed by atoms with van der Waals surface area (Å²) in [5.41, 5.74) is 1.01. The molecule has 3 heterocycles. The highest BCUT2D eigenvalue weighted by atomic mass is 16.2. The summed E-state index contributed by atoms with van der Waals surface area (Å²) in [6.45, 7) is 0. The minimum Gasteiger partial charge on any atom is -0.245 e. The van der Waals surface area contributed by atoms with Crippen LogP contribution in [-0.2, 0) is 0 Å². The molecule has 7 aliphatic rings. The van der Waals surface area contributed by atoms with Crippen molar-refractivity contribution in [2.75, 3.05) is 0 Å². The average Bonchev–Trinajstić information content (AvgIpc) is 2.86. The van der Waals surface area contributed by atoms with Crippen molar-refractivity contribution in [3.8, 4) is 5.69 Å². The smallest absolute Gasteiger partial charge is 0.245 e. The fraction of sp³-hybridized carbons (Fsp3) is 0.500. The van der Waals surface area contributed by atoms with Crippen molar-refractivity contribution in [3.63, 3.8) is 0 Å². The zero-order valence-corrected chi connectivity index (χ0v) is 13.6. The number of allylic oxidation sites excluding steroid dienone is 2. The second-order valence-electron chi connectivity index (χ2n) is 8.98. The van der Waals surface area contributed by atoms with Crippen LogP contribution in [0, 0.1) is 34.5 Å². The van der Waals surface area contributed by atoms with E-state index in [2.05, 4.69) is 12.2 Å². The van der Waals surface area contributed by atoms with Crippen molar-refractivity contribution in [2.45, 2.75) is 24.9 Å². The summed E-state index contributed by atoms with van der Waals surface area (Å²) in [5.74, 6) is 2.98. The second kappa shape index (κ2) is 3.11. The molecule has 1 aromatic heterocycles. The van der Waals surface area contributed by atoms with Gasteiger partial charge in [-0.05, 0) is 48.6 Å². The number of hydrogen-bond donors (Lipinski definition) is 0. The van der Waals surface area contributed by atoms with Crippen molar-refractivity contribution >= 4 is 0 Å². The van der Waals surface area contributed by atoms with Crippen molar-refractivity contribution in [2.24, 2.45) is 34.5 Å². The lowest BCUT2D eigenvalue weighted by Gasteiger charge is -3.01. The molecule has 5 nitrogen and oxygen atoms in total. The van der Waals surface area contributed by atoms with Gasteiger partial charge in [-0.3, -0.25) is 0 Å². The summed E-state index contributed by atoms with van der Waals surface area (Å²) in [6, 6.07) is 9.91. The normalized spacial score (nSPS) is 50.6. The lowest BCUT2D eigenvalue weighted by molar-refractivity contribution is -0.551. The third-order valence-corrected chi connectivity index (χ3v) is 9.13. The standard InChI is InChI=1S/C20H17N3O2/c24-17-21(10-6-2-1-3-7-10)18(25)23-16-12-11-13-14(12)20(16)9-5-4-8-19(13,20)15(11)22(17)23/h1-7,11-16H,8-9H2/t11-,12-,13-,14-,15+,16+,19+,20+/m1/s1. The van der Waals surface area contributed by atoms with Gasteiger partial charge in [-0.25, -0.2) is 23.5 Å². The zero-order valence-electron chi connectivity index (χ0n) is 13.6. The molecule has 25 heavy (non-hydrogen) atoms. The first-order valence-corrected chi connectivity index (χ1v) is 9.42. The van der Waals surface area contributed by atoms with E-state index in [1.165, 1.54) is 4.57 Å². The van der Waals surface area contributed by atoms with Crippen LogP contribution in [0.5, 0.6) is 0 Å². The molecule has 124 valence electrons. The Morgan fingerprint density at radius 2 is 1.32 bits per heavy atom. The summed E-state index contributed by atoms with van der Waals surface area (Å²) < 4.78 is 5.16. The van der Waals surface area contributed by atoms with E-state index in [4.69, 9.17) is 0 Å². The van der Waals surface area contributed by atoms with Crippen molar-refractivity contribution in [3.05, 3.63) is 63.5 Å². The Morgan fingerprint density at radius 1 is 0.800 bits per heavy atom. The zero-order chi connectivity index (χ0) is 16.3. The first-order valence-electron chi connectivity index (χ1n) is 9.42. The molecule has 2 bridgehead atoms. The van der Waals surface area contributed by atoms with Crippen LogP contribution in [0.15, 0.2) is 52.1 Å². The fourth-order valence-corrected chi connectivity index (χ4v) is 8.86. The molecule has 2 aromatic rings. The van der Waals surface area contributed by atoms with Crippen LogP contribution in [0.2, 0.25) is 0 Å². The van der Waals surface area contributed by atoms with Crippen LogP contribution in [0.3, 0.4) is 0 Å². The molecule has 2 aliphatic heterocycles. The molecule has 8 atom stereocenters. The molecule has 4 fully saturated rings. The molecule has 5 heteroatoms. The minimum absolute atomic E-state index is 0.129.